The number of hydrogen-bond acceptors (Lipinski definition) is 7. The van der Waals surface area contributed by atoms with E-state index < -0.39 is 5.51 Å². The Labute approximate surface area is 212 Å². The van der Waals surface area contributed by atoms with Crippen molar-refractivity contribution in [1.29, 1.82) is 0 Å². The molecule has 1 saturated carbocycles. The van der Waals surface area contributed by atoms with Gasteiger partial charge in [-0.15, -0.1) is 5.10 Å². The number of aromatic nitrogens is 4. The fourth-order valence-corrected chi connectivity index (χ4v) is 6.02. The Balaban J connectivity index is 1.17. The molecule has 2 aromatic heterocycles. The van der Waals surface area contributed by atoms with Crippen molar-refractivity contribution < 1.29 is 17.9 Å². The van der Waals surface area contributed by atoms with E-state index in [1.807, 2.05) is 30.1 Å². The molecule has 1 aromatic carbocycles. The second-order valence-corrected chi connectivity index (χ2v) is 10.6. The summed E-state index contributed by atoms with van der Waals surface area (Å²) in [5.74, 6) is 1.16. The van der Waals surface area contributed by atoms with E-state index in [2.05, 4.69) is 43.1 Å². The second kappa shape index (κ2) is 10.9. The number of benzene rings is 1. The van der Waals surface area contributed by atoms with E-state index in [1.54, 1.807) is 6.20 Å². The first-order chi connectivity index (χ1) is 17.4. The third kappa shape index (κ3) is 6.12. The van der Waals surface area contributed by atoms with Crippen LogP contribution in [0.5, 0.6) is 0 Å². The molecule has 1 N–H and O–H groups in total. The molecule has 5 rings (SSSR count). The van der Waals surface area contributed by atoms with Crippen LogP contribution in [0.3, 0.4) is 0 Å². The average molecular weight is 521 g/mol. The summed E-state index contributed by atoms with van der Waals surface area (Å²) in [6.07, 6.45) is 8.21. The molecule has 2 aliphatic rings. The van der Waals surface area contributed by atoms with Gasteiger partial charge in [-0.1, -0.05) is 6.07 Å². The van der Waals surface area contributed by atoms with E-state index >= 15 is 0 Å². The summed E-state index contributed by atoms with van der Waals surface area (Å²) >= 11 is -0.156. The van der Waals surface area contributed by atoms with Crippen LogP contribution in [0.2, 0.25) is 0 Å². The lowest BCUT2D eigenvalue weighted by atomic mass is 9.82. The number of anilines is 1. The monoisotopic (exact) mass is 520 g/mol. The molecule has 0 spiro atoms. The molecule has 0 bridgehead atoms. The maximum atomic E-state index is 12.9. The summed E-state index contributed by atoms with van der Waals surface area (Å²) in [5.41, 5.74) is -1.84. The number of rotatable bonds is 7. The first kappa shape index (κ1) is 25.3. The van der Waals surface area contributed by atoms with Crippen molar-refractivity contribution >= 4 is 28.7 Å². The highest BCUT2D eigenvalue weighted by Crippen LogP contribution is 2.36. The van der Waals surface area contributed by atoms with Crippen molar-refractivity contribution in [3.63, 3.8) is 0 Å². The molecule has 36 heavy (non-hydrogen) atoms. The Morgan fingerprint density at radius 3 is 2.72 bits per heavy atom. The number of aryl methyl sites for hydroxylation is 1. The van der Waals surface area contributed by atoms with E-state index in [0.29, 0.717) is 32.0 Å². The van der Waals surface area contributed by atoms with E-state index in [1.165, 1.54) is 5.56 Å². The van der Waals surface area contributed by atoms with E-state index in [4.69, 9.17) is 4.74 Å². The van der Waals surface area contributed by atoms with Gasteiger partial charge in [0.2, 0.25) is 0 Å². The van der Waals surface area contributed by atoms with Crippen molar-refractivity contribution in [2.45, 2.75) is 55.7 Å². The highest BCUT2D eigenvalue weighted by molar-refractivity contribution is 7.98. The van der Waals surface area contributed by atoms with Crippen LogP contribution in [0.1, 0.15) is 43.6 Å². The summed E-state index contributed by atoms with van der Waals surface area (Å²) < 4.78 is 49.4. The van der Waals surface area contributed by atoms with E-state index in [0.717, 1.165) is 42.4 Å². The van der Waals surface area contributed by atoms with E-state index in [9.17, 15) is 13.2 Å². The molecule has 194 valence electrons. The average Bonchev–Trinajstić information content (AvgIpc) is 3.26. The Kier molecular flexibility index (Phi) is 7.68. The molecule has 3 heterocycles. The number of ether oxygens (including phenoxy) is 1. The van der Waals surface area contributed by atoms with Gasteiger partial charge in [-0.25, -0.2) is 0 Å². The van der Waals surface area contributed by atoms with Crippen LogP contribution in [0, 0.1) is 5.92 Å². The zero-order valence-corrected chi connectivity index (χ0v) is 21.0. The molecule has 1 saturated heterocycles. The minimum atomic E-state index is -4.31. The topological polar surface area (TPSA) is 68.1 Å². The lowest BCUT2D eigenvalue weighted by molar-refractivity contribution is -0.0346. The molecule has 2 atom stereocenters. The lowest BCUT2D eigenvalue weighted by Gasteiger charge is -2.40. The van der Waals surface area contributed by atoms with Gasteiger partial charge in [0.15, 0.2) is 5.82 Å². The fraction of sp³-hybridized carbons (Fsp3) is 0.560. The molecule has 3 aromatic rings. The molecule has 1 aliphatic heterocycles. The summed E-state index contributed by atoms with van der Waals surface area (Å²) in [6.45, 7) is 1.62. The lowest BCUT2D eigenvalue weighted by Crippen LogP contribution is -2.50. The van der Waals surface area contributed by atoms with Crippen LogP contribution >= 0.6 is 11.9 Å². The van der Waals surface area contributed by atoms with Crippen molar-refractivity contribution in [3.8, 4) is 0 Å². The number of nitrogens with zero attached hydrogens (tertiary/aromatic N) is 5. The van der Waals surface area contributed by atoms with Gasteiger partial charge in [-0.05, 0) is 67.9 Å². The summed E-state index contributed by atoms with van der Waals surface area (Å²) in [6, 6.07) is 10.00. The predicted octanol–water partition coefficient (Wildman–Crippen LogP) is 5.06. The van der Waals surface area contributed by atoms with Gasteiger partial charge in [-0.2, -0.15) is 23.4 Å². The number of hydrogen-bond donors (Lipinski definition) is 1. The third-order valence-corrected chi connectivity index (χ3v) is 8.06. The van der Waals surface area contributed by atoms with Crippen LogP contribution < -0.4 is 9.62 Å². The molecule has 7 nitrogen and oxygen atoms in total. The van der Waals surface area contributed by atoms with Crippen LogP contribution in [0.4, 0.5) is 19.0 Å². The molecule has 11 heteroatoms. The number of fused-ring (bicyclic) bond motifs is 1. The highest BCUT2D eigenvalue weighted by atomic mass is 32.2. The van der Waals surface area contributed by atoms with Crippen molar-refractivity contribution in [1.82, 2.24) is 24.7 Å². The van der Waals surface area contributed by atoms with Crippen molar-refractivity contribution in [3.05, 3.63) is 48.3 Å². The van der Waals surface area contributed by atoms with Gasteiger partial charge >= 0.3 is 5.51 Å². The summed E-state index contributed by atoms with van der Waals surface area (Å²) in [5, 5.41) is 13.6. The van der Waals surface area contributed by atoms with E-state index in [-0.39, 0.29) is 30.0 Å². The Morgan fingerprint density at radius 2 is 1.97 bits per heavy atom. The van der Waals surface area contributed by atoms with Crippen molar-refractivity contribution in [2.24, 2.45) is 13.0 Å². The van der Waals surface area contributed by atoms with Crippen LogP contribution in [0.15, 0.2) is 42.7 Å². The molecule has 0 radical (unpaired) electrons. The molecule has 2 unspecified atom stereocenters. The Hall–Kier alpha value is -2.37. The smallest absolute Gasteiger partial charge is 0.378 e. The van der Waals surface area contributed by atoms with Crippen LogP contribution in [0.25, 0.3) is 10.9 Å². The first-order valence-electron chi connectivity index (χ1n) is 12.4. The number of piperidine rings is 1. The zero-order chi connectivity index (χ0) is 25.1. The quantitative estimate of drug-likeness (QED) is 0.437. The molecular formula is C25H31F3N6OS. The maximum Gasteiger partial charge on any atom is 0.456 e. The summed E-state index contributed by atoms with van der Waals surface area (Å²) in [4.78, 5) is 2.09. The Bertz CT molecular complexity index is 1140. The maximum absolute atomic E-state index is 12.9. The molecular weight excluding hydrogens is 489 g/mol. The fourth-order valence-electron chi connectivity index (χ4n) is 5.43. The standard InChI is InChI=1S/C25H31F3N6OS/c1-33-23-9-6-18(13-19(23)14-30-33)17-4-7-21(8-5-17)35-16-20-15-34(24-3-2-11-29-31-24)12-10-22(20)32-36-25(26,27)28/h2-3,6,9,11,13-14,17,20-22,32H,4-5,7-8,10,12,15-16H2,1H3. The first-order valence-corrected chi connectivity index (χ1v) is 13.2. The minimum absolute atomic E-state index is 0.0821. The highest BCUT2D eigenvalue weighted by Gasteiger charge is 2.36. The summed E-state index contributed by atoms with van der Waals surface area (Å²) in [7, 11) is 1.95. The number of nitrogens with one attached hydrogen (secondary N) is 1. The van der Waals surface area contributed by atoms with Gasteiger partial charge in [0.1, 0.15) is 0 Å². The predicted molar refractivity (Wildman–Crippen MR) is 135 cm³/mol. The molecule has 0 amide bonds. The molecule has 1 aliphatic carbocycles. The number of halogens is 3. The van der Waals surface area contributed by atoms with Gasteiger partial charge in [-0.3, -0.25) is 9.40 Å². The SMILES string of the molecule is Cn1ncc2cc(C3CCC(OCC4CN(c5cccnn5)CCC4NSC(F)(F)F)CC3)ccc21. The third-order valence-electron chi connectivity index (χ3n) is 7.40. The van der Waals surface area contributed by atoms with Crippen molar-refractivity contribution in [2.75, 3.05) is 24.6 Å². The van der Waals surface area contributed by atoms with Gasteiger partial charge in [0, 0.05) is 55.6 Å². The van der Waals surface area contributed by atoms with Crippen LogP contribution in [-0.2, 0) is 11.8 Å². The van der Waals surface area contributed by atoms with Gasteiger partial charge < -0.3 is 9.64 Å². The van der Waals surface area contributed by atoms with Gasteiger partial charge in [0.05, 0.1) is 24.4 Å². The number of alkyl halides is 3. The minimum Gasteiger partial charge on any atom is -0.378 e. The zero-order valence-electron chi connectivity index (χ0n) is 20.2. The van der Waals surface area contributed by atoms with Crippen LogP contribution in [-0.4, -0.2) is 57.3 Å². The largest absolute Gasteiger partial charge is 0.456 e. The molecule has 2 fully saturated rings. The Morgan fingerprint density at radius 1 is 1.14 bits per heavy atom. The second-order valence-electron chi connectivity index (χ2n) is 9.74. The normalized spacial score (nSPS) is 25.4. The van der Waals surface area contributed by atoms with Gasteiger partial charge in [0.25, 0.3) is 0 Å².